The molecule has 0 saturated heterocycles. The van der Waals surface area contributed by atoms with E-state index in [9.17, 15) is 4.79 Å². The van der Waals surface area contributed by atoms with Gasteiger partial charge in [-0.1, -0.05) is 6.07 Å². The Balaban J connectivity index is 2.06. The lowest BCUT2D eigenvalue weighted by molar-refractivity contribution is 0.0697. The molecule has 0 fully saturated rings. The van der Waals surface area contributed by atoms with Crippen LogP contribution in [-0.2, 0) is 13.6 Å². The predicted molar refractivity (Wildman–Crippen MR) is 71.2 cm³/mol. The van der Waals surface area contributed by atoms with Gasteiger partial charge in [-0.3, -0.25) is 0 Å². The van der Waals surface area contributed by atoms with Gasteiger partial charge in [-0.2, -0.15) is 0 Å². The second-order valence-corrected chi connectivity index (χ2v) is 4.52. The smallest absolute Gasteiger partial charge is 0.335 e. The van der Waals surface area contributed by atoms with Crippen molar-refractivity contribution in [1.82, 2.24) is 14.1 Å². The number of hydrogen-bond acceptors (Lipinski definition) is 2. The summed E-state index contributed by atoms with van der Waals surface area (Å²) in [6.07, 6.45) is 5.53. The van der Waals surface area contributed by atoms with Crippen molar-refractivity contribution in [2.24, 2.45) is 7.05 Å². The van der Waals surface area contributed by atoms with Crippen LogP contribution in [0.3, 0.4) is 0 Å². The number of nitrogens with zero attached hydrogens (tertiary/aromatic N) is 3. The third kappa shape index (κ3) is 1.99. The molecule has 96 valence electrons. The van der Waals surface area contributed by atoms with Gasteiger partial charge in [0.15, 0.2) is 0 Å². The molecule has 19 heavy (non-hydrogen) atoms. The third-order valence-electron chi connectivity index (χ3n) is 3.27. The highest BCUT2D eigenvalue weighted by Gasteiger charge is 2.08. The number of benzene rings is 1. The van der Waals surface area contributed by atoms with E-state index in [4.69, 9.17) is 5.11 Å². The number of imidazole rings is 1. The summed E-state index contributed by atoms with van der Waals surface area (Å²) in [7, 11) is 1.94. The first-order valence-electron chi connectivity index (χ1n) is 5.92. The second-order valence-electron chi connectivity index (χ2n) is 4.52. The molecular weight excluding hydrogens is 242 g/mol. The van der Waals surface area contributed by atoms with Crippen molar-refractivity contribution in [2.45, 2.75) is 6.54 Å². The van der Waals surface area contributed by atoms with E-state index in [1.54, 1.807) is 18.5 Å². The van der Waals surface area contributed by atoms with Gasteiger partial charge in [0.1, 0.15) is 0 Å². The SMILES string of the molecule is Cn1cncc1Cn1ccc2ccc(C(=O)O)cc21. The summed E-state index contributed by atoms with van der Waals surface area (Å²) in [5.74, 6) is -0.907. The molecule has 3 aromatic rings. The molecule has 1 aromatic carbocycles. The zero-order valence-corrected chi connectivity index (χ0v) is 10.4. The van der Waals surface area contributed by atoms with Crippen LogP contribution in [-0.4, -0.2) is 25.2 Å². The zero-order valence-electron chi connectivity index (χ0n) is 10.4. The van der Waals surface area contributed by atoms with Crippen LogP contribution in [0.1, 0.15) is 16.1 Å². The van der Waals surface area contributed by atoms with Crippen molar-refractivity contribution >= 4 is 16.9 Å². The normalized spacial score (nSPS) is 11.0. The molecule has 0 amide bonds. The maximum atomic E-state index is 11.0. The van der Waals surface area contributed by atoms with E-state index in [0.717, 1.165) is 16.6 Å². The van der Waals surface area contributed by atoms with Crippen molar-refractivity contribution in [3.05, 3.63) is 54.2 Å². The Morgan fingerprint density at radius 2 is 2.21 bits per heavy atom. The largest absolute Gasteiger partial charge is 0.478 e. The number of carboxylic acid groups (broad SMARTS) is 1. The molecule has 0 aliphatic heterocycles. The minimum absolute atomic E-state index is 0.303. The molecule has 1 N–H and O–H groups in total. The van der Waals surface area contributed by atoms with Crippen LogP contribution >= 0.6 is 0 Å². The summed E-state index contributed by atoms with van der Waals surface area (Å²) >= 11 is 0. The van der Waals surface area contributed by atoms with Crippen LogP contribution in [0.15, 0.2) is 43.0 Å². The van der Waals surface area contributed by atoms with E-state index in [2.05, 4.69) is 4.98 Å². The first-order valence-corrected chi connectivity index (χ1v) is 5.92. The first kappa shape index (κ1) is 11.5. The van der Waals surface area contributed by atoms with Gasteiger partial charge in [0, 0.05) is 25.0 Å². The van der Waals surface area contributed by atoms with E-state index in [-0.39, 0.29) is 0 Å². The number of fused-ring (bicyclic) bond motifs is 1. The van der Waals surface area contributed by atoms with Crippen molar-refractivity contribution < 1.29 is 9.90 Å². The molecule has 0 unspecified atom stereocenters. The van der Waals surface area contributed by atoms with Crippen LogP contribution in [0.2, 0.25) is 0 Å². The zero-order chi connectivity index (χ0) is 13.4. The maximum absolute atomic E-state index is 11.0. The summed E-state index contributed by atoms with van der Waals surface area (Å²) in [6, 6.07) is 7.14. The number of carboxylic acids is 1. The molecule has 5 nitrogen and oxygen atoms in total. The molecular formula is C14H13N3O2. The van der Waals surface area contributed by atoms with E-state index in [1.165, 1.54) is 0 Å². The minimum Gasteiger partial charge on any atom is -0.478 e. The Morgan fingerprint density at radius 1 is 1.37 bits per heavy atom. The van der Waals surface area contributed by atoms with Crippen LogP contribution in [0, 0.1) is 0 Å². The summed E-state index contributed by atoms with van der Waals surface area (Å²) in [6.45, 7) is 0.670. The van der Waals surface area contributed by atoms with Crippen molar-refractivity contribution in [3.8, 4) is 0 Å². The van der Waals surface area contributed by atoms with E-state index >= 15 is 0 Å². The van der Waals surface area contributed by atoms with Gasteiger partial charge in [0.05, 0.1) is 24.1 Å². The Bertz CT molecular complexity index is 755. The molecule has 3 rings (SSSR count). The second kappa shape index (κ2) is 4.28. The number of aryl methyl sites for hydroxylation is 1. The van der Waals surface area contributed by atoms with Crippen LogP contribution in [0.25, 0.3) is 10.9 Å². The highest BCUT2D eigenvalue weighted by atomic mass is 16.4. The highest BCUT2D eigenvalue weighted by Crippen LogP contribution is 2.19. The molecule has 0 radical (unpaired) electrons. The number of carbonyl (C=O) groups is 1. The van der Waals surface area contributed by atoms with Crippen LogP contribution < -0.4 is 0 Å². The number of hydrogen-bond donors (Lipinski definition) is 1. The average Bonchev–Trinajstić information content (AvgIpc) is 2.97. The molecule has 5 heteroatoms. The van der Waals surface area contributed by atoms with Gasteiger partial charge >= 0.3 is 5.97 Å². The summed E-state index contributed by atoms with van der Waals surface area (Å²) < 4.78 is 3.98. The Morgan fingerprint density at radius 3 is 2.89 bits per heavy atom. The lowest BCUT2D eigenvalue weighted by Gasteiger charge is -2.06. The molecule has 2 aromatic heterocycles. The summed E-state index contributed by atoms with van der Waals surface area (Å²) in [4.78, 5) is 15.1. The van der Waals surface area contributed by atoms with E-state index < -0.39 is 5.97 Å². The van der Waals surface area contributed by atoms with Gasteiger partial charge in [0.2, 0.25) is 0 Å². The van der Waals surface area contributed by atoms with Crippen LogP contribution in [0.4, 0.5) is 0 Å². The summed E-state index contributed by atoms with van der Waals surface area (Å²) in [5, 5.41) is 10.1. The van der Waals surface area contributed by atoms with Gasteiger partial charge in [-0.15, -0.1) is 0 Å². The molecule has 0 bridgehead atoms. The average molecular weight is 255 g/mol. The van der Waals surface area contributed by atoms with Gasteiger partial charge in [-0.25, -0.2) is 9.78 Å². The highest BCUT2D eigenvalue weighted by molar-refractivity contribution is 5.93. The van der Waals surface area contributed by atoms with Gasteiger partial charge in [0.25, 0.3) is 0 Å². The molecule has 0 aliphatic carbocycles. The Kier molecular flexibility index (Phi) is 2.59. The first-order chi connectivity index (χ1) is 9.15. The fourth-order valence-corrected chi connectivity index (χ4v) is 2.17. The lowest BCUT2D eigenvalue weighted by Crippen LogP contribution is -2.03. The Labute approximate surface area is 109 Å². The third-order valence-corrected chi connectivity index (χ3v) is 3.27. The van der Waals surface area contributed by atoms with Crippen LogP contribution in [0.5, 0.6) is 0 Å². The molecule has 0 aliphatic rings. The number of aromatic carboxylic acids is 1. The van der Waals surface area contributed by atoms with E-state index in [1.807, 2.05) is 40.7 Å². The van der Waals surface area contributed by atoms with Crippen molar-refractivity contribution in [2.75, 3.05) is 0 Å². The predicted octanol–water partition coefficient (Wildman–Crippen LogP) is 2.12. The van der Waals surface area contributed by atoms with Crippen molar-refractivity contribution in [1.29, 1.82) is 0 Å². The molecule has 0 spiro atoms. The van der Waals surface area contributed by atoms with E-state index in [0.29, 0.717) is 12.1 Å². The quantitative estimate of drug-likeness (QED) is 0.779. The maximum Gasteiger partial charge on any atom is 0.335 e. The Hall–Kier alpha value is -2.56. The lowest BCUT2D eigenvalue weighted by atomic mass is 10.1. The van der Waals surface area contributed by atoms with Gasteiger partial charge in [-0.05, 0) is 23.6 Å². The fraction of sp³-hybridized carbons (Fsp3) is 0.143. The monoisotopic (exact) mass is 255 g/mol. The number of aromatic nitrogens is 3. The van der Waals surface area contributed by atoms with Gasteiger partial charge < -0.3 is 14.2 Å². The number of rotatable bonds is 3. The fourth-order valence-electron chi connectivity index (χ4n) is 2.17. The minimum atomic E-state index is -0.907. The van der Waals surface area contributed by atoms with Crippen molar-refractivity contribution in [3.63, 3.8) is 0 Å². The topological polar surface area (TPSA) is 60.0 Å². The molecule has 2 heterocycles. The molecule has 0 atom stereocenters. The molecule has 0 saturated carbocycles. The standard InChI is InChI=1S/C14H13N3O2/c1-16-9-15-7-12(16)8-17-5-4-10-2-3-11(14(18)19)6-13(10)17/h2-7,9H,8H2,1H3,(H,18,19). The summed E-state index contributed by atoms with van der Waals surface area (Å²) in [5.41, 5.74) is 2.29.